The highest BCUT2D eigenvalue weighted by molar-refractivity contribution is 8.06. The lowest BCUT2D eigenvalue weighted by Gasteiger charge is -1.93. The molecule has 0 saturated carbocycles. The molecule has 1 aromatic heterocycles. The molecule has 2 bridgehead atoms. The van der Waals surface area contributed by atoms with Crippen LogP contribution >= 0.6 is 7.14 Å². The van der Waals surface area contributed by atoms with E-state index in [1.165, 1.54) is 0 Å². The highest BCUT2D eigenvalue weighted by atomic mass is 31.2. The Kier molecular flexibility index (Phi) is 0.419. The molecule has 2 N–H and O–H groups in total. The minimum Gasteiger partial charge on any atom is -0.502 e. The van der Waals surface area contributed by atoms with E-state index < -0.39 is 12.7 Å². The summed E-state index contributed by atoms with van der Waals surface area (Å²) < 4.78 is 11.2. The normalized spacial score (nSPS) is 29.6. The lowest BCUT2D eigenvalue weighted by Crippen LogP contribution is -2.24. The molecule has 1 unspecified atom stereocenters. The number of aromatic hydroxyl groups is 1. The predicted octanol–water partition coefficient (Wildman–Crippen LogP) is -1.65. The standard InChI is InChI=1S/C5H2NO3P/c7-1-2-3-5(6-4(1)8)10(2,3)9/h7H,(H,6,8). The highest BCUT2D eigenvalue weighted by Crippen LogP contribution is 2.66. The Morgan fingerprint density at radius 3 is 2.40 bits per heavy atom. The van der Waals surface area contributed by atoms with Gasteiger partial charge in [0.2, 0.25) is 0 Å². The summed E-state index contributed by atoms with van der Waals surface area (Å²) in [7, 11) is -2.30. The van der Waals surface area contributed by atoms with Gasteiger partial charge in [0.05, 0.1) is 16.0 Å². The van der Waals surface area contributed by atoms with Gasteiger partial charge in [-0.15, -0.1) is 0 Å². The monoisotopic (exact) mass is 155 g/mol. The van der Waals surface area contributed by atoms with Gasteiger partial charge in [0, 0.05) is 0 Å². The molecule has 1 aromatic rings. The Morgan fingerprint density at radius 1 is 1.40 bits per heavy atom. The van der Waals surface area contributed by atoms with Gasteiger partial charge >= 0.3 is 0 Å². The average molecular weight is 155 g/mol. The zero-order valence-corrected chi connectivity index (χ0v) is 5.61. The van der Waals surface area contributed by atoms with Crippen LogP contribution in [0.5, 0.6) is 5.75 Å². The summed E-state index contributed by atoms with van der Waals surface area (Å²) in [4.78, 5) is 13.0. The van der Waals surface area contributed by atoms with Crippen LogP contribution in [0.15, 0.2) is 4.79 Å². The van der Waals surface area contributed by atoms with Crippen LogP contribution in [-0.2, 0) is 4.57 Å². The summed E-state index contributed by atoms with van der Waals surface area (Å²) >= 11 is 0. The van der Waals surface area contributed by atoms with E-state index in [0.29, 0.717) is 16.0 Å². The fraction of sp³-hybridized carbons (Fsp3) is 0. The molecule has 5 heteroatoms. The van der Waals surface area contributed by atoms with Crippen molar-refractivity contribution in [2.24, 2.45) is 0 Å². The van der Waals surface area contributed by atoms with Gasteiger partial charge < -0.3 is 14.7 Å². The Labute approximate surface area is 54.9 Å². The average Bonchev–Trinajstić information content (AvgIpc) is 2.65. The number of nitrogens with one attached hydrogen (secondary N) is 1. The first-order valence-corrected chi connectivity index (χ1v) is 4.49. The van der Waals surface area contributed by atoms with Crippen LogP contribution in [0.3, 0.4) is 0 Å². The Balaban J connectivity index is 2.63. The van der Waals surface area contributed by atoms with Crippen LogP contribution in [0.4, 0.5) is 0 Å². The van der Waals surface area contributed by atoms with Gasteiger partial charge in [0.25, 0.3) is 5.56 Å². The summed E-state index contributed by atoms with van der Waals surface area (Å²) in [6, 6.07) is 0. The SMILES string of the molecule is O=c1[nH]c2c3c(c1O)P23=O. The van der Waals surface area contributed by atoms with E-state index in [0.717, 1.165) is 0 Å². The van der Waals surface area contributed by atoms with Crippen molar-refractivity contribution in [1.82, 2.24) is 4.98 Å². The van der Waals surface area contributed by atoms with Gasteiger partial charge in [0.15, 0.2) is 12.9 Å². The first-order chi connectivity index (χ1) is 4.67. The van der Waals surface area contributed by atoms with E-state index in [4.69, 9.17) is 5.11 Å². The lowest BCUT2D eigenvalue weighted by molar-refractivity contribution is 0.472. The zero-order valence-electron chi connectivity index (χ0n) is 4.71. The summed E-state index contributed by atoms with van der Waals surface area (Å²) in [5.41, 5.74) is 0.0584. The van der Waals surface area contributed by atoms with Crippen LogP contribution in [-0.4, -0.2) is 10.1 Å². The molecule has 0 amide bonds. The van der Waals surface area contributed by atoms with Crippen molar-refractivity contribution in [2.45, 2.75) is 0 Å². The van der Waals surface area contributed by atoms with Gasteiger partial charge in [-0.05, 0) is 0 Å². The molecular weight excluding hydrogens is 153 g/mol. The Hall–Kier alpha value is -1.02. The van der Waals surface area contributed by atoms with Crippen molar-refractivity contribution >= 4 is 23.2 Å². The number of aromatic amines is 1. The lowest BCUT2D eigenvalue weighted by atomic mass is 10.5. The fourth-order valence-electron chi connectivity index (χ4n) is 1.31. The van der Waals surface area contributed by atoms with Gasteiger partial charge in [-0.2, -0.15) is 0 Å². The number of aromatic nitrogens is 1. The molecular formula is C5H2NO3P. The van der Waals surface area contributed by atoms with Crippen LogP contribution < -0.4 is 21.6 Å². The molecule has 4 heterocycles. The number of rotatable bonds is 0. The summed E-state index contributed by atoms with van der Waals surface area (Å²) in [6.07, 6.45) is 0. The number of hydrogen-bond donors (Lipinski definition) is 2. The molecule has 4 nitrogen and oxygen atoms in total. The molecule has 0 saturated heterocycles. The van der Waals surface area contributed by atoms with E-state index in [9.17, 15) is 9.36 Å². The van der Waals surface area contributed by atoms with E-state index in [1.54, 1.807) is 0 Å². The topological polar surface area (TPSA) is 70.2 Å². The first kappa shape index (κ1) is 4.74. The predicted molar refractivity (Wildman–Crippen MR) is 35.2 cm³/mol. The number of hydrogen-bond acceptors (Lipinski definition) is 3. The third-order valence-corrected chi connectivity index (χ3v) is 4.62. The summed E-state index contributed by atoms with van der Waals surface area (Å²) in [6.45, 7) is 0. The van der Waals surface area contributed by atoms with Crippen LogP contribution in [0, 0.1) is 0 Å². The van der Waals surface area contributed by atoms with Crippen molar-refractivity contribution in [2.75, 3.05) is 0 Å². The van der Waals surface area contributed by atoms with E-state index in [2.05, 4.69) is 4.98 Å². The third-order valence-electron chi connectivity index (χ3n) is 1.96. The zero-order chi connectivity index (χ0) is 7.09. The maximum atomic E-state index is 11.2. The molecule has 0 aromatic carbocycles. The van der Waals surface area contributed by atoms with E-state index in [-0.39, 0.29) is 5.75 Å². The maximum absolute atomic E-state index is 11.2. The first-order valence-electron chi connectivity index (χ1n) is 2.78. The number of pyridine rings is 1. The fourth-order valence-corrected chi connectivity index (χ4v) is 3.87. The van der Waals surface area contributed by atoms with Gasteiger partial charge in [-0.1, -0.05) is 0 Å². The molecule has 0 fully saturated rings. The molecule has 0 spiro atoms. The molecule has 3 aliphatic rings. The second-order valence-electron chi connectivity index (χ2n) is 2.46. The van der Waals surface area contributed by atoms with Crippen molar-refractivity contribution in [3.8, 4) is 5.75 Å². The molecule has 0 radical (unpaired) electrons. The minimum atomic E-state index is -2.30. The third kappa shape index (κ3) is 0.229. The number of fused-ring (bicyclic) bond motifs is 2. The Morgan fingerprint density at radius 2 is 2.00 bits per heavy atom. The van der Waals surface area contributed by atoms with Crippen molar-refractivity contribution < 1.29 is 9.67 Å². The molecule has 4 rings (SSSR count). The van der Waals surface area contributed by atoms with E-state index in [1.807, 2.05) is 0 Å². The molecule has 50 valence electrons. The van der Waals surface area contributed by atoms with Crippen LogP contribution in [0.1, 0.15) is 0 Å². The van der Waals surface area contributed by atoms with Crippen molar-refractivity contribution in [1.29, 1.82) is 0 Å². The largest absolute Gasteiger partial charge is 0.502 e. The maximum Gasteiger partial charge on any atom is 0.291 e. The Bertz CT molecular complexity index is 473. The smallest absolute Gasteiger partial charge is 0.291 e. The molecule has 3 aliphatic heterocycles. The molecule has 10 heavy (non-hydrogen) atoms. The molecule has 1 atom stereocenters. The minimum absolute atomic E-state index is 0.340. The molecule has 0 aliphatic carbocycles. The van der Waals surface area contributed by atoms with Gasteiger partial charge in [-0.3, -0.25) is 4.79 Å². The number of H-pyrrole nitrogens is 1. The van der Waals surface area contributed by atoms with Crippen LogP contribution in [0.25, 0.3) is 0 Å². The summed E-state index contributed by atoms with van der Waals surface area (Å²) in [5.74, 6) is -0.340. The quantitative estimate of drug-likeness (QED) is 0.382. The van der Waals surface area contributed by atoms with Gasteiger partial charge in [-0.25, -0.2) is 0 Å². The van der Waals surface area contributed by atoms with Crippen molar-refractivity contribution in [3.05, 3.63) is 10.4 Å². The summed E-state index contributed by atoms with van der Waals surface area (Å²) in [5, 5.41) is 10.1. The van der Waals surface area contributed by atoms with Gasteiger partial charge in [0.1, 0.15) is 0 Å². The highest BCUT2D eigenvalue weighted by Gasteiger charge is 2.70. The second kappa shape index (κ2) is 0.883. The van der Waals surface area contributed by atoms with Crippen LogP contribution in [0.2, 0.25) is 0 Å². The second-order valence-corrected chi connectivity index (χ2v) is 5.02. The van der Waals surface area contributed by atoms with E-state index >= 15 is 0 Å². The van der Waals surface area contributed by atoms with Crippen molar-refractivity contribution in [3.63, 3.8) is 0 Å².